The van der Waals surface area contributed by atoms with Gasteiger partial charge < -0.3 is 5.73 Å². The molecule has 1 nitrogen and oxygen atoms in total. The molecule has 0 saturated heterocycles. The maximum atomic E-state index is 5.44. The van der Waals surface area contributed by atoms with E-state index in [0.717, 1.165) is 24.8 Å². The van der Waals surface area contributed by atoms with Crippen LogP contribution in [0.1, 0.15) is 26.2 Å². The minimum atomic E-state index is 0.603. The highest BCUT2D eigenvalue weighted by Crippen LogP contribution is 2.11. The van der Waals surface area contributed by atoms with E-state index in [1.165, 1.54) is 5.57 Å². The lowest BCUT2D eigenvalue weighted by Gasteiger charge is -2.03. The van der Waals surface area contributed by atoms with Crippen molar-refractivity contribution in [3.05, 3.63) is 36.6 Å². The maximum Gasteiger partial charge on any atom is 0.0267 e. The van der Waals surface area contributed by atoms with Gasteiger partial charge in [0.25, 0.3) is 0 Å². The Hall–Kier alpha value is -0.980. The van der Waals surface area contributed by atoms with Crippen molar-refractivity contribution in [1.29, 1.82) is 0 Å². The van der Waals surface area contributed by atoms with Crippen molar-refractivity contribution in [1.82, 2.24) is 0 Å². The van der Waals surface area contributed by atoms with E-state index in [4.69, 9.17) is 5.73 Å². The monoisotopic (exact) mass is 151 g/mol. The molecule has 0 spiro atoms. The van der Waals surface area contributed by atoms with Gasteiger partial charge >= 0.3 is 0 Å². The van der Waals surface area contributed by atoms with Crippen LogP contribution in [0.3, 0.4) is 0 Å². The van der Waals surface area contributed by atoms with E-state index in [9.17, 15) is 0 Å². The molecule has 1 heteroatoms. The lowest BCUT2D eigenvalue weighted by atomic mass is 10.1. The fraction of sp³-hybridized carbons (Fsp3) is 0.400. The quantitative estimate of drug-likeness (QED) is 0.474. The highest BCUT2D eigenvalue weighted by atomic mass is 14.6. The zero-order chi connectivity index (χ0) is 8.85. The largest absolute Gasteiger partial charge is 0.399 e. The highest BCUT2D eigenvalue weighted by Gasteiger charge is 1.95. The van der Waals surface area contributed by atoms with Crippen LogP contribution in [0, 0.1) is 0 Å². The number of hydrogen-bond donors (Lipinski definition) is 1. The SMILES string of the molecule is C=C(C)CCCC(=C)C(=C)N. The molecule has 0 aliphatic heterocycles. The first-order valence-electron chi connectivity index (χ1n) is 3.81. The Morgan fingerprint density at radius 1 is 1.18 bits per heavy atom. The Balaban J connectivity index is 3.47. The number of hydrogen-bond acceptors (Lipinski definition) is 1. The lowest BCUT2D eigenvalue weighted by Crippen LogP contribution is -1.97. The first-order valence-corrected chi connectivity index (χ1v) is 3.81. The van der Waals surface area contributed by atoms with Gasteiger partial charge in [0.2, 0.25) is 0 Å². The summed E-state index contributed by atoms with van der Waals surface area (Å²) in [7, 11) is 0. The van der Waals surface area contributed by atoms with E-state index in [2.05, 4.69) is 19.7 Å². The summed E-state index contributed by atoms with van der Waals surface area (Å²) < 4.78 is 0. The van der Waals surface area contributed by atoms with Gasteiger partial charge in [-0.15, -0.1) is 6.58 Å². The van der Waals surface area contributed by atoms with Gasteiger partial charge in [-0.3, -0.25) is 0 Å². The molecular weight excluding hydrogens is 134 g/mol. The van der Waals surface area contributed by atoms with Crippen LogP contribution in [-0.2, 0) is 0 Å². The smallest absolute Gasteiger partial charge is 0.0267 e. The molecule has 62 valence electrons. The van der Waals surface area contributed by atoms with Crippen molar-refractivity contribution in [2.24, 2.45) is 5.73 Å². The van der Waals surface area contributed by atoms with Gasteiger partial charge in [0.15, 0.2) is 0 Å². The zero-order valence-electron chi connectivity index (χ0n) is 7.32. The fourth-order valence-electron chi connectivity index (χ4n) is 0.764. The summed E-state index contributed by atoms with van der Waals surface area (Å²) in [4.78, 5) is 0. The highest BCUT2D eigenvalue weighted by molar-refractivity contribution is 5.21. The van der Waals surface area contributed by atoms with Crippen LogP contribution in [0.4, 0.5) is 0 Å². The predicted molar refractivity (Wildman–Crippen MR) is 51.1 cm³/mol. The third-order valence-electron chi connectivity index (χ3n) is 1.54. The van der Waals surface area contributed by atoms with E-state index < -0.39 is 0 Å². The number of allylic oxidation sites excluding steroid dienone is 2. The lowest BCUT2D eigenvalue weighted by molar-refractivity contribution is 0.810. The van der Waals surface area contributed by atoms with Crippen molar-refractivity contribution >= 4 is 0 Å². The van der Waals surface area contributed by atoms with E-state index in [1.807, 2.05) is 6.92 Å². The van der Waals surface area contributed by atoms with Crippen LogP contribution in [0.15, 0.2) is 36.6 Å². The van der Waals surface area contributed by atoms with Crippen LogP contribution in [-0.4, -0.2) is 0 Å². The van der Waals surface area contributed by atoms with Crippen LogP contribution in [0.25, 0.3) is 0 Å². The minimum absolute atomic E-state index is 0.603. The molecule has 0 heterocycles. The van der Waals surface area contributed by atoms with E-state index in [0.29, 0.717) is 5.70 Å². The van der Waals surface area contributed by atoms with Crippen molar-refractivity contribution in [3.8, 4) is 0 Å². The normalized spacial score (nSPS) is 9.18. The van der Waals surface area contributed by atoms with Gasteiger partial charge in [0, 0.05) is 5.70 Å². The second-order valence-corrected chi connectivity index (χ2v) is 2.94. The molecule has 0 unspecified atom stereocenters. The van der Waals surface area contributed by atoms with Gasteiger partial charge in [-0.05, 0) is 31.8 Å². The molecule has 0 fully saturated rings. The number of nitrogens with two attached hydrogens (primary N) is 1. The third-order valence-corrected chi connectivity index (χ3v) is 1.54. The predicted octanol–water partition coefficient (Wildman–Crippen LogP) is 2.76. The fourth-order valence-corrected chi connectivity index (χ4v) is 0.764. The standard InChI is InChI=1S/C10H17N/c1-8(2)6-5-7-9(3)10(4)11/h1,3-7,11H2,2H3. The average molecular weight is 151 g/mol. The second-order valence-electron chi connectivity index (χ2n) is 2.94. The average Bonchev–Trinajstić information content (AvgIpc) is 1.86. The van der Waals surface area contributed by atoms with Gasteiger partial charge in [0.05, 0.1) is 0 Å². The van der Waals surface area contributed by atoms with Crippen LogP contribution in [0.2, 0.25) is 0 Å². The molecular formula is C10H17N. The molecule has 0 atom stereocenters. The molecule has 2 N–H and O–H groups in total. The summed E-state index contributed by atoms with van der Waals surface area (Å²) in [5, 5.41) is 0. The summed E-state index contributed by atoms with van der Waals surface area (Å²) in [5.41, 5.74) is 8.20. The molecule has 0 radical (unpaired) electrons. The van der Waals surface area contributed by atoms with Crippen LogP contribution >= 0.6 is 0 Å². The van der Waals surface area contributed by atoms with Crippen molar-refractivity contribution < 1.29 is 0 Å². The van der Waals surface area contributed by atoms with Crippen molar-refractivity contribution in [2.45, 2.75) is 26.2 Å². The first kappa shape index (κ1) is 10.0. The summed E-state index contributed by atoms with van der Waals surface area (Å²) in [6.45, 7) is 13.2. The Bertz CT molecular complexity index is 177. The summed E-state index contributed by atoms with van der Waals surface area (Å²) in [5.74, 6) is 0. The first-order chi connectivity index (χ1) is 5.04. The maximum absolute atomic E-state index is 5.44. The molecule has 11 heavy (non-hydrogen) atoms. The topological polar surface area (TPSA) is 26.0 Å². The Labute approximate surface area is 69.3 Å². The zero-order valence-corrected chi connectivity index (χ0v) is 7.32. The summed E-state index contributed by atoms with van der Waals surface area (Å²) in [6.07, 6.45) is 3.05. The molecule has 0 rings (SSSR count). The summed E-state index contributed by atoms with van der Waals surface area (Å²) in [6, 6.07) is 0. The number of rotatable bonds is 5. The van der Waals surface area contributed by atoms with Gasteiger partial charge in [-0.1, -0.05) is 18.7 Å². The van der Waals surface area contributed by atoms with Crippen LogP contribution in [0.5, 0.6) is 0 Å². The third kappa shape index (κ3) is 5.46. The van der Waals surface area contributed by atoms with Crippen molar-refractivity contribution in [3.63, 3.8) is 0 Å². The van der Waals surface area contributed by atoms with Crippen molar-refractivity contribution in [2.75, 3.05) is 0 Å². The van der Waals surface area contributed by atoms with E-state index in [-0.39, 0.29) is 0 Å². The molecule has 0 amide bonds. The van der Waals surface area contributed by atoms with E-state index in [1.54, 1.807) is 0 Å². The molecule has 0 aromatic carbocycles. The van der Waals surface area contributed by atoms with Gasteiger partial charge in [0.1, 0.15) is 0 Å². The Morgan fingerprint density at radius 2 is 1.73 bits per heavy atom. The molecule has 0 aliphatic carbocycles. The van der Waals surface area contributed by atoms with Gasteiger partial charge in [-0.2, -0.15) is 0 Å². The van der Waals surface area contributed by atoms with Gasteiger partial charge in [-0.25, -0.2) is 0 Å². The Morgan fingerprint density at radius 3 is 2.09 bits per heavy atom. The molecule has 0 aromatic heterocycles. The second kappa shape index (κ2) is 4.78. The molecule has 0 aliphatic rings. The molecule has 0 aromatic rings. The Kier molecular flexibility index (Phi) is 4.35. The van der Waals surface area contributed by atoms with Crippen LogP contribution < -0.4 is 5.73 Å². The minimum Gasteiger partial charge on any atom is -0.399 e. The summed E-state index contributed by atoms with van der Waals surface area (Å²) >= 11 is 0. The molecule has 0 saturated carbocycles. The molecule has 0 bridgehead atoms. The van der Waals surface area contributed by atoms with E-state index >= 15 is 0 Å².